The zero-order valence-corrected chi connectivity index (χ0v) is 20.5. The molecule has 0 amide bonds. The summed E-state index contributed by atoms with van der Waals surface area (Å²) in [5, 5.41) is 0. The first-order valence-corrected chi connectivity index (χ1v) is 12.2. The van der Waals surface area contributed by atoms with Gasteiger partial charge in [-0.2, -0.15) is 0 Å². The lowest BCUT2D eigenvalue weighted by Crippen LogP contribution is -2.40. The van der Waals surface area contributed by atoms with Crippen LogP contribution in [0.5, 0.6) is 0 Å². The number of aromatic nitrogens is 2. The normalized spacial score (nSPS) is 13.8. The Hall–Kier alpha value is -3.09. The van der Waals surface area contributed by atoms with E-state index in [1.807, 2.05) is 47.9 Å². The minimum Gasteiger partial charge on any atom is -0.294 e. The van der Waals surface area contributed by atoms with Crippen LogP contribution in [0.2, 0.25) is 0 Å². The van der Waals surface area contributed by atoms with Crippen molar-refractivity contribution in [1.82, 2.24) is 14.5 Å². The van der Waals surface area contributed by atoms with E-state index in [4.69, 9.17) is 4.98 Å². The Kier molecular flexibility index (Phi) is 6.44. The number of hydrogen-bond acceptors (Lipinski definition) is 3. The lowest BCUT2D eigenvalue weighted by atomic mass is 9.97. The van der Waals surface area contributed by atoms with Crippen molar-refractivity contribution < 1.29 is 4.39 Å². The van der Waals surface area contributed by atoms with Gasteiger partial charge < -0.3 is 0 Å². The Morgan fingerprint density at radius 1 is 1.00 bits per heavy atom. The van der Waals surface area contributed by atoms with Crippen LogP contribution in [-0.2, 0) is 19.5 Å². The van der Waals surface area contributed by atoms with E-state index in [2.05, 4.69) is 45.1 Å². The van der Waals surface area contributed by atoms with Gasteiger partial charge in [0, 0.05) is 30.5 Å². The molecule has 0 atom stereocenters. The Morgan fingerprint density at radius 2 is 1.65 bits per heavy atom. The monoisotopic (exact) mass is 517 g/mol. The number of rotatable bonds is 5. The standard InChI is InChI=1S/C28H25BrFN3O/c1-19-31-26-14-15-32(17-22-16-23(30)12-13-25(22)29)18-24(26)28(34)33(19)27(20-8-4-2-5-9-20)21-10-6-3-7-11-21/h2-13,16,27H,14-15,17-18H2,1H3. The van der Waals surface area contributed by atoms with Crippen LogP contribution in [0.1, 0.15) is 39.8 Å². The maximum Gasteiger partial charge on any atom is 0.259 e. The van der Waals surface area contributed by atoms with Gasteiger partial charge in [-0.3, -0.25) is 14.3 Å². The summed E-state index contributed by atoms with van der Waals surface area (Å²) in [5.74, 6) is 0.451. The summed E-state index contributed by atoms with van der Waals surface area (Å²) in [4.78, 5) is 21.0. The lowest BCUT2D eigenvalue weighted by molar-refractivity contribution is 0.239. The molecule has 4 aromatic rings. The fraction of sp³-hybridized carbons (Fsp3) is 0.214. The van der Waals surface area contributed by atoms with Gasteiger partial charge in [-0.15, -0.1) is 0 Å². The molecule has 0 fully saturated rings. The van der Waals surface area contributed by atoms with Crippen LogP contribution in [-0.4, -0.2) is 21.0 Å². The predicted octanol–water partition coefficient (Wildman–Crippen LogP) is 5.65. The van der Waals surface area contributed by atoms with Gasteiger partial charge in [-0.1, -0.05) is 76.6 Å². The SMILES string of the molecule is Cc1nc2c(c(=O)n1C(c1ccccc1)c1ccccc1)CN(Cc1cc(F)ccc1Br)CC2. The number of halogens is 2. The first kappa shape index (κ1) is 22.7. The van der Waals surface area contributed by atoms with Gasteiger partial charge in [0.1, 0.15) is 11.6 Å². The zero-order chi connectivity index (χ0) is 23.7. The van der Waals surface area contributed by atoms with Gasteiger partial charge in [-0.25, -0.2) is 9.37 Å². The van der Waals surface area contributed by atoms with Crippen molar-refractivity contribution in [3.63, 3.8) is 0 Å². The maximum atomic E-state index is 14.0. The van der Waals surface area contributed by atoms with Gasteiger partial charge in [0.2, 0.25) is 0 Å². The summed E-state index contributed by atoms with van der Waals surface area (Å²) in [6.45, 7) is 3.73. The van der Waals surface area contributed by atoms with Gasteiger partial charge in [0.15, 0.2) is 0 Å². The van der Waals surface area contributed by atoms with Crippen LogP contribution in [0.4, 0.5) is 4.39 Å². The third-order valence-corrected chi connectivity index (χ3v) is 7.18. The second-order valence-corrected chi connectivity index (χ2v) is 9.53. The highest BCUT2D eigenvalue weighted by Gasteiger charge is 2.27. The number of aryl methyl sites for hydroxylation is 1. The van der Waals surface area contributed by atoms with Crippen molar-refractivity contribution >= 4 is 15.9 Å². The zero-order valence-electron chi connectivity index (χ0n) is 18.9. The molecule has 0 N–H and O–H groups in total. The van der Waals surface area contributed by atoms with Crippen LogP contribution < -0.4 is 5.56 Å². The van der Waals surface area contributed by atoms with Crippen molar-refractivity contribution in [3.8, 4) is 0 Å². The smallest absolute Gasteiger partial charge is 0.259 e. The van der Waals surface area contributed by atoms with Crippen molar-refractivity contribution in [2.45, 2.75) is 32.5 Å². The Morgan fingerprint density at radius 3 is 2.29 bits per heavy atom. The summed E-state index contributed by atoms with van der Waals surface area (Å²) in [6.07, 6.45) is 0.695. The molecule has 0 unspecified atom stereocenters. The first-order valence-electron chi connectivity index (χ1n) is 11.4. The van der Waals surface area contributed by atoms with E-state index in [0.717, 1.165) is 39.0 Å². The second kappa shape index (κ2) is 9.65. The average Bonchev–Trinajstić information content (AvgIpc) is 2.85. The molecule has 5 rings (SSSR count). The number of nitrogens with zero attached hydrogens (tertiary/aromatic N) is 3. The van der Waals surface area contributed by atoms with Crippen molar-refractivity contribution in [2.24, 2.45) is 0 Å². The topological polar surface area (TPSA) is 38.1 Å². The maximum absolute atomic E-state index is 14.0. The molecule has 0 aliphatic carbocycles. The minimum absolute atomic E-state index is 0.0109. The molecule has 0 bridgehead atoms. The summed E-state index contributed by atoms with van der Waals surface area (Å²) in [6, 6.07) is 24.6. The van der Waals surface area contributed by atoms with Crippen LogP contribution in [0.3, 0.4) is 0 Å². The molecule has 172 valence electrons. The van der Waals surface area contributed by atoms with Crippen molar-refractivity contribution in [2.75, 3.05) is 6.54 Å². The number of benzene rings is 3. The third-order valence-electron chi connectivity index (χ3n) is 6.41. The van der Waals surface area contributed by atoms with Crippen LogP contribution in [0.25, 0.3) is 0 Å². The summed E-state index contributed by atoms with van der Waals surface area (Å²) < 4.78 is 16.5. The molecule has 1 aliphatic rings. The Balaban J connectivity index is 1.56. The summed E-state index contributed by atoms with van der Waals surface area (Å²) in [5.41, 5.74) is 4.53. The molecule has 3 aromatic carbocycles. The van der Waals surface area contributed by atoms with Gasteiger partial charge in [0.25, 0.3) is 5.56 Å². The highest BCUT2D eigenvalue weighted by atomic mass is 79.9. The molecule has 4 nitrogen and oxygen atoms in total. The quantitative estimate of drug-likeness (QED) is 0.343. The molecule has 0 spiro atoms. The Bertz CT molecular complexity index is 1330. The molecule has 1 aliphatic heterocycles. The molecule has 0 saturated carbocycles. The highest BCUT2D eigenvalue weighted by Crippen LogP contribution is 2.28. The first-order chi connectivity index (χ1) is 16.5. The molecular formula is C28H25BrFN3O. The highest BCUT2D eigenvalue weighted by molar-refractivity contribution is 9.10. The molecule has 0 saturated heterocycles. The number of hydrogen-bond donors (Lipinski definition) is 0. The molecule has 1 aromatic heterocycles. The van der Waals surface area contributed by atoms with Crippen molar-refractivity contribution in [3.05, 3.63) is 133 Å². The second-order valence-electron chi connectivity index (χ2n) is 8.68. The van der Waals surface area contributed by atoms with Crippen LogP contribution in [0, 0.1) is 12.7 Å². The van der Waals surface area contributed by atoms with Gasteiger partial charge in [-0.05, 0) is 41.8 Å². The van der Waals surface area contributed by atoms with E-state index in [-0.39, 0.29) is 17.4 Å². The lowest BCUT2D eigenvalue weighted by Gasteiger charge is -2.30. The summed E-state index contributed by atoms with van der Waals surface area (Å²) >= 11 is 3.52. The number of fused-ring (bicyclic) bond motifs is 1. The van der Waals surface area contributed by atoms with E-state index >= 15 is 0 Å². The Labute approximate surface area is 206 Å². The van der Waals surface area contributed by atoms with Crippen molar-refractivity contribution in [1.29, 1.82) is 0 Å². The molecule has 6 heteroatoms. The van der Waals surface area contributed by atoms with E-state index in [1.165, 1.54) is 6.07 Å². The van der Waals surface area contributed by atoms with E-state index in [1.54, 1.807) is 12.1 Å². The fourth-order valence-electron chi connectivity index (χ4n) is 4.77. The van der Waals surface area contributed by atoms with Crippen LogP contribution >= 0.6 is 15.9 Å². The van der Waals surface area contributed by atoms with E-state index in [0.29, 0.717) is 25.3 Å². The summed E-state index contributed by atoms with van der Waals surface area (Å²) in [7, 11) is 0. The largest absolute Gasteiger partial charge is 0.294 e. The predicted molar refractivity (Wildman–Crippen MR) is 135 cm³/mol. The van der Waals surface area contributed by atoms with Crippen LogP contribution in [0.15, 0.2) is 88.1 Å². The minimum atomic E-state index is -0.263. The van der Waals surface area contributed by atoms with E-state index < -0.39 is 0 Å². The molecular weight excluding hydrogens is 493 g/mol. The fourth-order valence-corrected chi connectivity index (χ4v) is 5.14. The molecule has 34 heavy (non-hydrogen) atoms. The van der Waals surface area contributed by atoms with E-state index in [9.17, 15) is 9.18 Å². The van der Waals surface area contributed by atoms with Gasteiger partial charge >= 0.3 is 0 Å². The molecule has 0 radical (unpaired) electrons. The third kappa shape index (κ3) is 4.48. The van der Waals surface area contributed by atoms with Gasteiger partial charge in [0.05, 0.1) is 17.3 Å². The average molecular weight is 518 g/mol. The molecule has 2 heterocycles.